The first-order chi connectivity index (χ1) is 2.77. The van der Waals surface area contributed by atoms with E-state index in [0.717, 1.165) is 6.08 Å². The first kappa shape index (κ1) is 5.76. The SMILES string of the molecule is OC(Cl)=CCF. The molecule has 0 bridgehead atoms. The van der Waals surface area contributed by atoms with E-state index in [-0.39, 0.29) is 0 Å². The van der Waals surface area contributed by atoms with Crippen molar-refractivity contribution in [2.75, 3.05) is 6.67 Å². The standard InChI is InChI=1S/C3H4ClFO/c4-3(6)1-2-5/h1,6H,2H2. The van der Waals surface area contributed by atoms with E-state index in [4.69, 9.17) is 16.7 Å². The van der Waals surface area contributed by atoms with Crippen LogP contribution >= 0.6 is 11.6 Å². The maximum absolute atomic E-state index is 10.9. The fraction of sp³-hybridized carbons (Fsp3) is 0.333. The van der Waals surface area contributed by atoms with Gasteiger partial charge in [0.15, 0.2) is 5.22 Å². The summed E-state index contributed by atoms with van der Waals surface area (Å²) in [5.74, 6) is 0. The Kier molecular flexibility index (Phi) is 2.85. The fourth-order valence-electron chi connectivity index (χ4n) is 0.0637. The van der Waals surface area contributed by atoms with Crippen LogP contribution in [0.3, 0.4) is 0 Å². The molecule has 0 rings (SSSR count). The van der Waals surface area contributed by atoms with Gasteiger partial charge >= 0.3 is 0 Å². The zero-order valence-corrected chi connectivity index (χ0v) is 3.74. The second-order valence-electron chi connectivity index (χ2n) is 0.681. The fourth-order valence-corrected chi connectivity index (χ4v) is 0.122. The van der Waals surface area contributed by atoms with Gasteiger partial charge in [0.25, 0.3) is 0 Å². The quantitative estimate of drug-likeness (QED) is 0.509. The smallest absolute Gasteiger partial charge is 0.182 e. The number of aliphatic hydroxyl groups excluding tert-OH is 1. The molecule has 0 aromatic rings. The van der Waals surface area contributed by atoms with Gasteiger partial charge in [-0.2, -0.15) is 0 Å². The summed E-state index contributed by atoms with van der Waals surface area (Å²) in [6.45, 7) is -0.713. The van der Waals surface area contributed by atoms with Gasteiger partial charge in [0.1, 0.15) is 6.67 Å². The summed E-state index contributed by atoms with van der Waals surface area (Å²) in [6, 6.07) is 0. The lowest BCUT2D eigenvalue weighted by Gasteiger charge is -1.75. The van der Waals surface area contributed by atoms with Gasteiger partial charge in [0.05, 0.1) is 0 Å². The van der Waals surface area contributed by atoms with Crippen LogP contribution in [0.4, 0.5) is 4.39 Å². The molecule has 0 unspecified atom stereocenters. The molecule has 0 spiro atoms. The zero-order chi connectivity index (χ0) is 4.99. The molecule has 0 fully saturated rings. The van der Waals surface area contributed by atoms with Gasteiger partial charge < -0.3 is 5.11 Å². The van der Waals surface area contributed by atoms with Gasteiger partial charge in [-0.25, -0.2) is 4.39 Å². The average Bonchev–Trinajstić information content (AvgIpc) is 1.35. The Morgan fingerprint density at radius 1 is 2.00 bits per heavy atom. The average molecular weight is 111 g/mol. The minimum Gasteiger partial charge on any atom is -0.499 e. The van der Waals surface area contributed by atoms with Crippen LogP contribution in [0, 0.1) is 0 Å². The molecule has 0 amide bonds. The lowest BCUT2D eigenvalue weighted by Crippen LogP contribution is -1.65. The maximum atomic E-state index is 10.9. The molecule has 0 aromatic carbocycles. The van der Waals surface area contributed by atoms with E-state index in [1.54, 1.807) is 0 Å². The van der Waals surface area contributed by atoms with E-state index in [0.29, 0.717) is 0 Å². The summed E-state index contributed by atoms with van der Waals surface area (Å²) in [7, 11) is 0. The number of hydrogen-bond acceptors (Lipinski definition) is 1. The second kappa shape index (κ2) is 2.97. The van der Waals surface area contributed by atoms with Crippen molar-refractivity contribution in [3.8, 4) is 0 Å². The van der Waals surface area contributed by atoms with Crippen LogP contribution in [0.1, 0.15) is 0 Å². The highest BCUT2D eigenvalue weighted by Gasteiger charge is 1.76. The van der Waals surface area contributed by atoms with Crippen molar-refractivity contribution in [3.05, 3.63) is 11.3 Å². The highest BCUT2D eigenvalue weighted by atomic mass is 35.5. The maximum Gasteiger partial charge on any atom is 0.182 e. The number of aliphatic hydroxyl groups is 1. The molecule has 0 aliphatic carbocycles. The minimum atomic E-state index is -0.713. The Bertz CT molecular complexity index is 57.8. The predicted molar refractivity (Wildman–Crippen MR) is 22.5 cm³/mol. The molecule has 0 saturated carbocycles. The van der Waals surface area contributed by atoms with Gasteiger partial charge in [-0.1, -0.05) is 0 Å². The molecule has 0 radical (unpaired) electrons. The topological polar surface area (TPSA) is 20.2 Å². The normalized spacial score (nSPS) is 12.0. The van der Waals surface area contributed by atoms with E-state index < -0.39 is 11.9 Å². The highest BCUT2D eigenvalue weighted by molar-refractivity contribution is 6.27. The van der Waals surface area contributed by atoms with E-state index in [2.05, 4.69) is 0 Å². The van der Waals surface area contributed by atoms with Crippen molar-refractivity contribution in [1.82, 2.24) is 0 Å². The Morgan fingerprint density at radius 3 is 2.50 bits per heavy atom. The van der Waals surface area contributed by atoms with Crippen LogP contribution in [-0.4, -0.2) is 11.8 Å². The Hall–Kier alpha value is -0.240. The first-order valence-corrected chi connectivity index (χ1v) is 1.75. The summed E-state index contributed by atoms with van der Waals surface area (Å²) in [5.41, 5.74) is 0. The molecular weight excluding hydrogens is 106 g/mol. The molecule has 1 N–H and O–H groups in total. The largest absolute Gasteiger partial charge is 0.499 e. The minimum absolute atomic E-state index is 0.488. The highest BCUT2D eigenvalue weighted by Crippen LogP contribution is 1.91. The van der Waals surface area contributed by atoms with Crippen molar-refractivity contribution >= 4 is 11.6 Å². The summed E-state index contributed by atoms with van der Waals surface area (Å²) in [4.78, 5) is 0. The molecule has 0 aromatic heterocycles. The Morgan fingerprint density at radius 2 is 2.50 bits per heavy atom. The van der Waals surface area contributed by atoms with Crippen LogP contribution in [-0.2, 0) is 0 Å². The van der Waals surface area contributed by atoms with Gasteiger partial charge in [0, 0.05) is 6.08 Å². The van der Waals surface area contributed by atoms with E-state index >= 15 is 0 Å². The number of alkyl halides is 1. The predicted octanol–water partition coefficient (Wildman–Crippen LogP) is 1.59. The monoisotopic (exact) mass is 110 g/mol. The van der Waals surface area contributed by atoms with Gasteiger partial charge in [-0.05, 0) is 11.6 Å². The zero-order valence-electron chi connectivity index (χ0n) is 2.99. The van der Waals surface area contributed by atoms with Crippen molar-refractivity contribution in [1.29, 1.82) is 0 Å². The summed E-state index contributed by atoms with van der Waals surface area (Å²) in [6.07, 6.45) is 0.863. The van der Waals surface area contributed by atoms with Crippen LogP contribution in [0.25, 0.3) is 0 Å². The molecule has 1 nitrogen and oxygen atoms in total. The summed E-state index contributed by atoms with van der Waals surface area (Å²) in [5, 5.41) is 7.45. The number of allylic oxidation sites excluding steroid dienone is 1. The molecule has 0 heterocycles. The van der Waals surface area contributed by atoms with Crippen LogP contribution < -0.4 is 0 Å². The third-order valence-electron chi connectivity index (χ3n) is 0.246. The van der Waals surface area contributed by atoms with E-state index in [9.17, 15) is 4.39 Å². The van der Waals surface area contributed by atoms with Crippen LogP contribution in [0.15, 0.2) is 11.3 Å². The van der Waals surface area contributed by atoms with Crippen molar-refractivity contribution < 1.29 is 9.50 Å². The third-order valence-corrected chi connectivity index (χ3v) is 0.400. The molecule has 0 saturated heterocycles. The van der Waals surface area contributed by atoms with E-state index in [1.165, 1.54) is 0 Å². The Labute approximate surface area is 40.0 Å². The molecule has 0 aliphatic heterocycles. The molecule has 0 atom stereocenters. The van der Waals surface area contributed by atoms with Gasteiger partial charge in [0.2, 0.25) is 0 Å². The first-order valence-electron chi connectivity index (χ1n) is 1.38. The Balaban J connectivity index is 3.14. The molecule has 6 heavy (non-hydrogen) atoms. The van der Waals surface area contributed by atoms with Crippen molar-refractivity contribution in [2.24, 2.45) is 0 Å². The van der Waals surface area contributed by atoms with Crippen LogP contribution in [0.5, 0.6) is 0 Å². The summed E-state index contributed by atoms with van der Waals surface area (Å²) < 4.78 is 10.9. The van der Waals surface area contributed by atoms with Gasteiger partial charge in [-0.15, -0.1) is 0 Å². The number of rotatable bonds is 1. The van der Waals surface area contributed by atoms with Crippen molar-refractivity contribution in [3.63, 3.8) is 0 Å². The molecule has 36 valence electrons. The molecule has 3 heteroatoms. The van der Waals surface area contributed by atoms with Crippen molar-refractivity contribution in [2.45, 2.75) is 0 Å². The number of halogens is 2. The molecular formula is C3H4ClFO. The summed E-state index contributed by atoms with van der Waals surface area (Å²) >= 11 is 4.75. The van der Waals surface area contributed by atoms with Crippen LogP contribution in [0.2, 0.25) is 0 Å². The lowest BCUT2D eigenvalue weighted by molar-refractivity contribution is 0.442. The second-order valence-corrected chi connectivity index (χ2v) is 1.07. The third kappa shape index (κ3) is 3.76. The van der Waals surface area contributed by atoms with Gasteiger partial charge in [-0.3, -0.25) is 0 Å². The molecule has 0 aliphatic rings. The van der Waals surface area contributed by atoms with E-state index in [1.807, 2.05) is 0 Å². The number of hydrogen-bond donors (Lipinski definition) is 1. The lowest BCUT2D eigenvalue weighted by atomic mass is 10.7.